The molecule has 0 radical (unpaired) electrons. The molecule has 0 aliphatic carbocycles. The normalized spacial score (nSPS) is 12.9. The molecule has 0 bridgehead atoms. The highest BCUT2D eigenvalue weighted by molar-refractivity contribution is 7.89. The van der Waals surface area contributed by atoms with Crippen molar-refractivity contribution < 1.29 is 17.9 Å². The van der Waals surface area contributed by atoms with Crippen LogP contribution in [0, 0.1) is 0 Å². The zero-order chi connectivity index (χ0) is 14.5. The Morgan fingerprint density at radius 1 is 1.47 bits per heavy atom. The fourth-order valence-electron chi connectivity index (χ4n) is 1.38. The van der Waals surface area contributed by atoms with Gasteiger partial charge in [-0.25, -0.2) is 17.9 Å². The number of hydrogen-bond acceptors (Lipinski definition) is 5. The lowest BCUT2D eigenvalue weighted by Crippen LogP contribution is -2.29. The van der Waals surface area contributed by atoms with Crippen molar-refractivity contribution >= 4 is 16.1 Å². The Hall–Kier alpha value is -1.64. The highest BCUT2D eigenvalue weighted by atomic mass is 32.2. The zero-order valence-electron chi connectivity index (χ0n) is 10.5. The molecule has 1 rings (SSSR count). The summed E-state index contributed by atoms with van der Waals surface area (Å²) in [5, 5.41) is 0. The van der Waals surface area contributed by atoms with Crippen LogP contribution in [-0.4, -0.2) is 27.7 Å². The van der Waals surface area contributed by atoms with Crippen LogP contribution in [0.4, 0.5) is 4.79 Å². The highest BCUT2D eigenvalue weighted by Crippen LogP contribution is 2.15. The van der Waals surface area contributed by atoms with Gasteiger partial charge >= 0.3 is 6.09 Å². The van der Waals surface area contributed by atoms with E-state index in [4.69, 9.17) is 11.5 Å². The second-order valence-electron chi connectivity index (χ2n) is 3.93. The third kappa shape index (κ3) is 4.86. The highest BCUT2D eigenvalue weighted by Gasteiger charge is 2.14. The SMILES string of the molecule is CC(N)c1cccc(S(=O)(=O)NCCOC(N)=O)c1. The zero-order valence-corrected chi connectivity index (χ0v) is 11.3. The van der Waals surface area contributed by atoms with Crippen molar-refractivity contribution in [3.05, 3.63) is 29.8 Å². The maximum atomic E-state index is 11.9. The van der Waals surface area contributed by atoms with E-state index >= 15 is 0 Å². The maximum Gasteiger partial charge on any atom is 0.404 e. The van der Waals surface area contributed by atoms with Crippen LogP contribution in [0.1, 0.15) is 18.5 Å². The Morgan fingerprint density at radius 3 is 2.74 bits per heavy atom. The van der Waals surface area contributed by atoms with Gasteiger partial charge in [-0.05, 0) is 24.6 Å². The second kappa shape index (κ2) is 6.50. The van der Waals surface area contributed by atoms with E-state index in [2.05, 4.69) is 9.46 Å². The predicted molar refractivity (Wildman–Crippen MR) is 69.8 cm³/mol. The summed E-state index contributed by atoms with van der Waals surface area (Å²) in [4.78, 5) is 10.4. The van der Waals surface area contributed by atoms with Crippen LogP contribution in [0.3, 0.4) is 0 Å². The number of nitrogens with two attached hydrogens (primary N) is 2. The van der Waals surface area contributed by atoms with Gasteiger partial charge in [-0.2, -0.15) is 0 Å². The number of hydrogen-bond donors (Lipinski definition) is 3. The molecule has 1 aromatic carbocycles. The molecule has 1 amide bonds. The second-order valence-corrected chi connectivity index (χ2v) is 5.69. The lowest BCUT2D eigenvalue weighted by atomic mass is 10.1. The quantitative estimate of drug-likeness (QED) is 0.639. The summed E-state index contributed by atoms with van der Waals surface area (Å²) in [7, 11) is -3.65. The van der Waals surface area contributed by atoms with Crippen LogP contribution in [0.15, 0.2) is 29.2 Å². The Kier molecular flexibility index (Phi) is 5.28. The first-order valence-electron chi connectivity index (χ1n) is 5.60. The van der Waals surface area contributed by atoms with E-state index in [9.17, 15) is 13.2 Å². The molecule has 19 heavy (non-hydrogen) atoms. The van der Waals surface area contributed by atoms with Crippen molar-refractivity contribution in [2.24, 2.45) is 11.5 Å². The first-order valence-corrected chi connectivity index (χ1v) is 7.08. The van der Waals surface area contributed by atoms with Crippen molar-refractivity contribution in [3.63, 3.8) is 0 Å². The molecule has 0 saturated carbocycles. The van der Waals surface area contributed by atoms with E-state index < -0.39 is 16.1 Å². The molecule has 0 aliphatic rings. The van der Waals surface area contributed by atoms with Gasteiger partial charge in [-0.15, -0.1) is 0 Å². The number of rotatable bonds is 6. The van der Waals surface area contributed by atoms with Crippen LogP contribution < -0.4 is 16.2 Å². The van der Waals surface area contributed by atoms with E-state index in [1.54, 1.807) is 19.1 Å². The number of ether oxygens (including phenoxy) is 1. The number of carbonyl (C=O) groups excluding carboxylic acids is 1. The topological polar surface area (TPSA) is 125 Å². The molecule has 0 heterocycles. The summed E-state index contributed by atoms with van der Waals surface area (Å²) in [5.41, 5.74) is 11.2. The van der Waals surface area contributed by atoms with E-state index in [0.29, 0.717) is 0 Å². The Bertz CT molecular complexity index is 543. The Labute approximate surface area is 112 Å². The molecule has 0 spiro atoms. The molecule has 1 atom stereocenters. The van der Waals surface area contributed by atoms with Gasteiger partial charge in [0, 0.05) is 12.6 Å². The third-order valence-corrected chi connectivity index (χ3v) is 3.79. The average molecular weight is 287 g/mol. The van der Waals surface area contributed by atoms with Crippen LogP contribution >= 0.6 is 0 Å². The molecule has 106 valence electrons. The lowest BCUT2D eigenvalue weighted by Gasteiger charge is -2.10. The fourth-order valence-corrected chi connectivity index (χ4v) is 2.44. The van der Waals surface area contributed by atoms with Gasteiger partial charge in [0.05, 0.1) is 4.90 Å². The van der Waals surface area contributed by atoms with Gasteiger partial charge in [-0.3, -0.25) is 0 Å². The minimum atomic E-state index is -3.65. The van der Waals surface area contributed by atoms with Crippen LogP contribution in [0.25, 0.3) is 0 Å². The van der Waals surface area contributed by atoms with Gasteiger partial charge in [0.25, 0.3) is 0 Å². The van der Waals surface area contributed by atoms with Gasteiger partial charge in [-0.1, -0.05) is 12.1 Å². The fraction of sp³-hybridized carbons (Fsp3) is 0.364. The smallest absolute Gasteiger partial charge is 0.404 e. The number of primary amides is 1. The van der Waals surface area contributed by atoms with Crippen molar-refractivity contribution in [3.8, 4) is 0 Å². The standard InChI is InChI=1S/C11H17N3O4S/c1-8(12)9-3-2-4-10(7-9)19(16,17)14-5-6-18-11(13)15/h2-4,7-8,14H,5-6,12H2,1H3,(H2,13,15). The van der Waals surface area contributed by atoms with Gasteiger partial charge in [0.1, 0.15) is 6.61 Å². The molecule has 0 aromatic heterocycles. The molecule has 7 nitrogen and oxygen atoms in total. The number of carbonyl (C=O) groups is 1. The van der Waals surface area contributed by atoms with E-state index in [0.717, 1.165) is 5.56 Å². The summed E-state index contributed by atoms with van der Waals surface area (Å²) in [6, 6.07) is 6.08. The van der Waals surface area contributed by atoms with Crippen molar-refractivity contribution in [2.45, 2.75) is 17.9 Å². The summed E-state index contributed by atoms with van der Waals surface area (Å²) < 4.78 is 30.6. The van der Waals surface area contributed by atoms with Crippen molar-refractivity contribution in [1.82, 2.24) is 4.72 Å². The summed E-state index contributed by atoms with van der Waals surface area (Å²) in [6.07, 6.45) is -0.946. The van der Waals surface area contributed by atoms with E-state index in [1.165, 1.54) is 12.1 Å². The monoisotopic (exact) mass is 287 g/mol. The summed E-state index contributed by atoms with van der Waals surface area (Å²) in [5.74, 6) is 0. The molecule has 0 aliphatic heterocycles. The van der Waals surface area contributed by atoms with Crippen LogP contribution in [0.2, 0.25) is 0 Å². The number of sulfonamides is 1. The van der Waals surface area contributed by atoms with Crippen LogP contribution in [-0.2, 0) is 14.8 Å². The largest absolute Gasteiger partial charge is 0.448 e. The van der Waals surface area contributed by atoms with Gasteiger partial charge in [0.2, 0.25) is 10.0 Å². The molecule has 0 fully saturated rings. The van der Waals surface area contributed by atoms with Gasteiger partial charge in [0.15, 0.2) is 0 Å². The lowest BCUT2D eigenvalue weighted by molar-refractivity contribution is 0.159. The number of amides is 1. The first-order chi connectivity index (χ1) is 8.83. The molecular weight excluding hydrogens is 270 g/mol. The molecule has 0 saturated heterocycles. The van der Waals surface area contributed by atoms with Gasteiger partial charge < -0.3 is 16.2 Å². The maximum absolute atomic E-state index is 11.9. The molecule has 1 unspecified atom stereocenters. The predicted octanol–water partition coefficient (Wildman–Crippen LogP) is 0.0799. The third-order valence-electron chi connectivity index (χ3n) is 2.33. The summed E-state index contributed by atoms with van der Waals surface area (Å²) >= 11 is 0. The molecule has 8 heteroatoms. The van der Waals surface area contributed by atoms with Crippen LogP contribution in [0.5, 0.6) is 0 Å². The van der Waals surface area contributed by atoms with E-state index in [-0.39, 0.29) is 24.1 Å². The number of nitrogens with one attached hydrogen (secondary N) is 1. The minimum Gasteiger partial charge on any atom is -0.448 e. The Balaban J connectivity index is 2.72. The molecule has 1 aromatic rings. The first kappa shape index (κ1) is 15.4. The minimum absolute atomic E-state index is 0.0479. The van der Waals surface area contributed by atoms with Crippen molar-refractivity contribution in [1.29, 1.82) is 0 Å². The average Bonchev–Trinajstić information content (AvgIpc) is 2.34. The van der Waals surface area contributed by atoms with Crippen molar-refractivity contribution in [2.75, 3.05) is 13.2 Å². The van der Waals surface area contributed by atoms with E-state index in [1.807, 2.05) is 0 Å². The summed E-state index contributed by atoms with van der Waals surface area (Å²) in [6.45, 7) is 1.59. The molecular formula is C11H17N3O4S. The Morgan fingerprint density at radius 2 is 2.16 bits per heavy atom. The molecule has 5 N–H and O–H groups in total. The number of benzene rings is 1.